The van der Waals surface area contributed by atoms with E-state index in [1.54, 1.807) is 6.21 Å². The molecule has 2 aliphatic rings. The Kier molecular flexibility index (Phi) is 1.44. The fourth-order valence-electron chi connectivity index (χ4n) is 1.01. The molecular formula is C9H8N2. The van der Waals surface area contributed by atoms with E-state index in [1.807, 2.05) is 47.8 Å². The van der Waals surface area contributed by atoms with E-state index in [4.69, 9.17) is 0 Å². The Morgan fingerprint density at radius 3 is 3.00 bits per heavy atom. The zero-order valence-electron chi connectivity index (χ0n) is 6.01. The predicted octanol–water partition coefficient (Wildman–Crippen LogP) is 1.81. The molecule has 0 unspecified atom stereocenters. The highest BCUT2D eigenvalue weighted by Crippen LogP contribution is 2.13. The van der Waals surface area contributed by atoms with E-state index in [0.717, 1.165) is 5.70 Å². The third-order valence-corrected chi connectivity index (χ3v) is 1.55. The van der Waals surface area contributed by atoms with Gasteiger partial charge in [-0.3, -0.25) is 4.99 Å². The van der Waals surface area contributed by atoms with E-state index in [-0.39, 0.29) is 0 Å². The largest absolute Gasteiger partial charge is 0.322 e. The maximum atomic E-state index is 4.05. The molecule has 0 aromatic heterocycles. The van der Waals surface area contributed by atoms with Crippen LogP contribution in [0.2, 0.25) is 0 Å². The molecule has 11 heavy (non-hydrogen) atoms. The van der Waals surface area contributed by atoms with E-state index < -0.39 is 0 Å². The van der Waals surface area contributed by atoms with Gasteiger partial charge in [0.2, 0.25) is 0 Å². The topological polar surface area (TPSA) is 15.6 Å². The highest BCUT2D eigenvalue weighted by molar-refractivity contribution is 5.72. The lowest BCUT2D eigenvalue weighted by Crippen LogP contribution is -2.08. The maximum absolute atomic E-state index is 4.05. The number of allylic oxidation sites excluding steroid dienone is 4. The SMILES string of the molecule is C1=CC2=CN=CC=CN2C=C1. The molecule has 2 aliphatic heterocycles. The lowest BCUT2D eigenvalue weighted by Gasteiger charge is -2.16. The van der Waals surface area contributed by atoms with Crippen LogP contribution in [0.1, 0.15) is 0 Å². The third kappa shape index (κ3) is 1.15. The molecule has 0 N–H and O–H groups in total. The summed E-state index contributed by atoms with van der Waals surface area (Å²) in [5.41, 5.74) is 1.09. The molecule has 0 aromatic carbocycles. The highest BCUT2D eigenvalue weighted by atomic mass is 15.1. The monoisotopic (exact) mass is 144 g/mol. The summed E-state index contributed by atoms with van der Waals surface area (Å²) >= 11 is 0. The molecule has 0 saturated heterocycles. The fraction of sp³-hybridized carbons (Fsp3) is 0. The number of hydrogen-bond acceptors (Lipinski definition) is 2. The van der Waals surface area contributed by atoms with E-state index in [2.05, 4.69) is 4.99 Å². The highest BCUT2D eigenvalue weighted by Gasteiger charge is 2.02. The van der Waals surface area contributed by atoms with Gasteiger partial charge >= 0.3 is 0 Å². The van der Waals surface area contributed by atoms with Crippen molar-refractivity contribution in [3.63, 3.8) is 0 Å². The van der Waals surface area contributed by atoms with Gasteiger partial charge in [0.05, 0.1) is 11.9 Å². The first kappa shape index (κ1) is 6.16. The molecule has 2 rings (SSSR count). The van der Waals surface area contributed by atoms with Crippen LogP contribution in [0.5, 0.6) is 0 Å². The van der Waals surface area contributed by atoms with Crippen molar-refractivity contribution in [2.45, 2.75) is 0 Å². The predicted molar refractivity (Wildman–Crippen MR) is 45.8 cm³/mol. The van der Waals surface area contributed by atoms with Gasteiger partial charge in [-0.25, -0.2) is 0 Å². The third-order valence-electron chi connectivity index (χ3n) is 1.55. The molecule has 0 amide bonds. The Labute approximate surface area is 65.5 Å². The van der Waals surface area contributed by atoms with E-state index >= 15 is 0 Å². The average molecular weight is 144 g/mol. The standard InChI is InChI=1S/C9H8N2/c1-2-6-11-7-3-5-10-8-9(11)4-1/h1-8H. The van der Waals surface area contributed by atoms with Crippen LogP contribution in [-0.2, 0) is 0 Å². The molecule has 0 atom stereocenters. The Hall–Kier alpha value is -1.57. The summed E-state index contributed by atoms with van der Waals surface area (Å²) in [6.07, 6.45) is 15.5. The van der Waals surface area contributed by atoms with Crippen molar-refractivity contribution < 1.29 is 0 Å². The van der Waals surface area contributed by atoms with Crippen molar-refractivity contribution in [1.82, 2.24) is 4.90 Å². The summed E-state index contributed by atoms with van der Waals surface area (Å²) < 4.78 is 0. The van der Waals surface area contributed by atoms with Crippen LogP contribution >= 0.6 is 0 Å². The van der Waals surface area contributed by atoms with Crippen molar-refractivity contribution in [1.29, 1.82) is 0 Å². The van der Waals surface area contributed by atoms with Crippen molar-refractivity contribution in [3.05, 3.63) is 48.6 Å². The minimum atomic E-state index is 1.09. The number of fused-ring (bicyclic) bond motifs is 1. The first-order valence-corrected chi connectivity index (χ1v) is 3.50. The molecule has 2 heterocycles. The minimum absolute atomic E-state index is 1.09. The van der Waals surface area contributed by atoms with Gasteiger partial charge in [-0.15, -0.1) is 0 Å². The lowest BCUT2D eigenvalue weighted by molar-refractivity contribution is 0.646. The zero-order valence-corrected chi connectivity index (χ0v) is 6.01. The van der Waals surface area contributed by atoms with Gasteiger partial charge in [-0.1, -0.05) is 6.08 Å². The number of rotatable bonds is 0. The van der Waals surface area contributed by atoms with Gasteiger partial charge in [0.25, 0.3) is 0 Å². The van der Waals surface area contributed by atoms with Crippen molar-refractivity contribution in [2.75, 3.05) is 0 Å². The minimum Gasteiger partial charge on any atom is -0.322 e. The van der Waals surface area contributed by atoms with Crippen LogP contribution in [0.15, 0.2) is 53.6 Å². The van der Waals surface area contributed by atoms with Crippen molar-refractivity contribution in [3.8, 4) is 0 Å². The molecule has 54 valence electrons. The van der Waals surface area contributed by atoms with Gasteiger partial charge in [0.15, 0.2) is 0 Å². The van der Waals surface area contributed by atoms with E-state index in [0.29, 0.717) is 0 Å². The molecule has 0 radical (unpaired) electrons. The van der Waals surface area contributed by atoms with Gasteiger partial charge in [-0.2, -0.15) is 0 Å². The van der Waals surface area contributed by atoms with Crippen LogP contribution in [0.25, 0.3) is 0 Å². The van der Waals surface area contributed by atoms with Gasteiger partial charge in [0.1, 0.15) is 0 Å². The molecule has 0 saturated carbocycles. The lowest BCUT2D eigenvalue weighted by atomic mass is 10.3. The van der Waals surface area contributed by atoms with Crippen LogP contribution in [0.4, 0.5) is 0 Å². The first-order valence-electron chi connectivity index (χ1n) is 3.50. The Bertz CT molecular complexity index is 293. The number of aliphatic imine (C=N–C) groups is 1. The fourth-order valence-corrected chi connectivity index (χ4v) is 1.01. The smallest absolute Gasteiger partial charge is 0.0632 e. The zero-order chi connectivity index (χ0) is 7.52. The summed E-state index contributed by atoms with van der Waals surface area (Å²) in [4.78, 5) is 6.08. The second-order valence-corrected chi connectivity index (χ2v) is 2.30. The van der Waals surface area contributed by atoms with Crippen LogP contribution in [0.3, 0.4) is 0 Å². The second-order valence-electron chi connectivity index (χ2n) is 2.30. The number of hydrogen-bond donors (Lipinski definition) is 0. The molecule has 0 bridgehead atoms. The summed E-state index contributed by atoms with van der Waals surface area (Å²) in [5.74, 6) is 0. The first-order chi connectivity index (χ1) is 5.47. The summed E-state index contributed by atoms with van der Waals surface area (Å²) in [5, 5.41) is 0. The molecule has 0 aromatic rings. The Morgan fingerprint density at radius 2 is 2.00 bits per heavy atom. The molecule has 2 heteroatoms. The molecule has 0 spiro atoms. The summed E-state index contributed by atoms with van der Waals surface area (Å²) in [6.45, 7) is 0. The average Bonchev–Trinajstić information content (AvgIpc) is 2.28. The van der Waals surface area contributed by atoms with Gasteiger partial charge in [0, 0.05) is 18.6 Å². The van der Waals surface area contributed by atoms with Gasteiger partial charge < -0.3 is 4.90 Å². The normalized spacial score (nSPS) is 19.6. The van der Waals surface area contributed by atoms with Crippen LogP contribution in [-0.4, -0.2) is 11.1 Å². The quantitative estimate of drug-likeness (QED) is 0.506. The van der Waals surface area contributed by atoms with Gasteiger partial charge in [-0.05, 0) is 18.2 Å². The van der Waals surface area contributed by atoms with E-state index in [1.165, 1.54) is 0 Å². The van der Waals surface area contributed by atoms with Crippen molar-refractivity contribution >= 4 is 6.21 Å². The summed E-state index contributed by atoms with van der Waals surface area (Å²) in [6, 6.07) is 0. The summed E-state index contributed by atoms with van der Waals surface area (Å²) in [7, 11) is 0. The van der Waals surface area contributed by atoms with E-state index in [9.17, 15) is 0 Å². The van der Waals surface area contributed by atoms with Crippen molar-refractivity contribution in [2.24, 2.45) is 4.99 Å². The Balaban J connectivity index is 2.39. The second kappa shape index (κ2) is 2.58. The van der Waals surface area contributed by atoms with Crippen LogP contribution in [0, 0.1) is 0 Å². The Morgan fingerprint density at radius 1 is 1.09 bits per heavy atom. The van der Waals surface area contributed by atoms with Crippen LogP contribution < -0.4 is 0 Å². The maximum Gasteiger partial charge on any atom is 0.0632 e. The molecule has 0 aliphatic carbocycles. The molecule has 0 fully saturated rings. The molecular weight excluding hydrogens is 136 g/mol. The number of nitrogens with zero attached hydrogens (tertiary/aromatic N) is 2. The molecule has 2 nitrogen and oxygen atoms in total.